The van der Waals surface area contributed by atoms with E-state index in [-0.39, 0.29) is 5.82 Å². The monoisotopic (exact) mass is 228 g/mol. The fraction of sp³-hybridized carbons (Fsp3) is 0.200. The van der Waals surface area contributed by atoms with Crippen molar-refractivity contribution in [3.8, 4) is 0 Å². The van der Waals surface area contributed by atoms with Crippen LogP contribution in [0.2, 0.25) is 0 Å². The number of hydrogen-bond acceptors (Lipinski definition) is 0. The molecule has 0 nitrogen and oxygen atoms in total. The van der Waals surface area contributed by atoms with Crippen molar-refractivity contribution in [3.05, 3.63) is 40.1 Å². The summed E-state index contributed by atoms with van der Waals surface area (Å²) >= 11 is 3.38. The van der Waals surface area contributed by atoms with Crippen LogP contribution in [0.15, 0.2) is 28.7 Å². The Balaban J connectivity index is 3.06. The van der Waals surface area contributed by atoms with Crippen molar-refractivity contribution in [2.75, 3.05) is 0 Å². The summed E-state index contributed by atoms with van der Waals surface area (Å²) < 4.78 is 13.6. The van der Waals surface area contributed by atoms with E-state index in [0.29, 0.717) is 0 Å². The maximum atomic E-state index is 12.5. The van der Waals surface area contributed by atoms with Crippen molar-refractivity contribution >= 4 is 21.5 Å². The Bertz CT molecular complexity index is 294. The van der Waals surface area contributed by atoms with Crippen LogP contribution in [0.4, 0.5) is 4.39 Å². The highest BCUT2D eigenvalue weighted by Crippen LogP contribution is 2.21. The van der Waals surface area contributed by atoms with Crippen LogP contribution < -0.4 is 0 Å². The van der Waals surface area contributed by atoms with Gasteiger partial charge in [-0.25, -0.2) is 4.39 Å². The Hall–Kier alpha value is -0.630. The Morgan fingerprint density at radius 1 is 1.17 bits per heavy atom. The summed E-state index contributed by atoms with van der Waals surface area (Å²) in [6, 6.07) is 6.48. The quantitative estimate of drug-likeness (QED) is 0.683. The zero-order valence-electron chi connectivity index (χ0n) is 7.07. The number of allylic oxidation sites excluding steroid dienone is 2. The van der Waals surface area contributed by atoms with Crippen molar-refractivity contribution < 1.29 is 4.39 Å². The van der Waals surface area contributed by atoms with Crippen molar-refractivity contribution in [2.45, 2.75) is 13.8 Å². The van der Waals surface area contributed by atoms with Crippen molar-refractivity contribution in [3.63, 3.8) is 0 Å². The molecule has 1 aromatic carbocycles. The first kappa shape index (κ1) is 9.46. The largest absolute Gasteiger partial charge is 0.207 e. The van der Waals surface area contributed by atoms with Gasteiger partial charge in [-0.2, -0.15) is 0 Å². The molecule has 0 spiro atoms. The first-order valence-corrected chi connectivity index (χ1v) is 4.49. The molecular formula is C10H10BrF. The molecule has 0 saturated carbocycles. The molecule has 0 N–H and O–H groups in total. The second kappa shape index (κ2) is 3.85. The summed E-state index contributed by atoms with van der Waals surface area (Å²) in [5, 5.41) is 0. The van der Waals surface area contributed by atoms with Gasteiger partial charge in [0, 0.05) is 0 Å². The molecule has 0 fully saturated rings. The molecule has 12 heavy (non-hydrogen) atoms. The molecule has 0 aromatic heterocycles. The summed E-state index contributed by atoms with van der Waals surface area (Å²) in [6.45, 7) is 3.97. The third-order valence-electron chi connectivity index (χ3n) is 1.79. The van der Waals surface area contributed by atoms with Gasteiger partial charge >= 0.3 is 0 Å². The average Bonchev–Trinajstić information content (AvgIpc) is 2.04. The van der Waals surface area contributed by atoms with E-state index in [4.69, 9.17) is 0 Å². The van der Waals surface area contributed by atoms with E-state index in [2.05, 4.69) is 15.9 Å². The summed E-state index contributed by atoms with van der Waals surface area (Å²) in [4.78, 5) is 0. The SMILES string of the molecule is CC(Br)=C(C)c1ccc(F)cc1. The van der Waals surface area contributed by atoms with Crippen LogP contribution >= 0.6 is 15.9 Å². The highest BCUT2D eigenvalue weighted by molar-refractivity contribution is 9.11. The molecule has 1 aromatic rings. The van der Waals surface area contributed by atoms with E-state index >= 15 is 0 Å². The normalized spacial score (nSPS) is 12.7. The zero-order chi connectivity index (χ0) is 9.14. The third kappa shape index (κ3) is 2.18. The summed E-state index contributed by atoms with van der Waals surface area (Å²) in [5.74, 6) is -0.196. The van der Waals surface area contributed by atoms with E-state index in [1.165, 1.54) is 12.1 Å². The first-order valence-electron chi connectivity index (χ1n) is 3.70. The van der Waals surface area contributed by atoms with Crippen molar-refractivity contribution in [2.24, 2.45) is 0 Å². The van der Waals surface area contributed by atoms with Gasteiger partial charge in [0.25, 0.3) is 0 Å². The number of hydrogen-bond donors (Lipinski definition) is 0. The van der Waals surface area contributed by atoms with Crippen molar-refractivity contribution in [1.29, 1.82) is 0 Å². The van der Waals surface area contributed by atoms with E-state index in [0.717, 1.165) is 15.6 Å². The molecule has 0 saturated heterocycles. The van der Waals surface area contributed by atoms with Gasteiger partial charge in [-0.05, 0) is 41.6 Å². The molecule has 0 unspecified atom stereocenters. The molecule has 64 valence electrons. The highest BCUT2D eigenvalue weighted by Gasteiger charge is 1.97. The third-order valence-corrected chi connectivity index (χ3v) is 2.39. The van der Waals surface area contributed by atoms with E-state index in [1.807, 2.05) is 13.8 Å². The number of rotatable bonds is 1. The van der Waals surface area contributed by atoms with Gasteiger partial charge in [0.2, 0.25) is 0 Å². The standard InChI is InChI=1S/C10H10BrF/c1-7(8(2)11)9-3-5-10(12)6-4-9/h3-6H,1-2H3. The lowest BCUT2D eigenvalue weighted by Crippen LogP contribution is -1.81. The minimum Gasteiger partial charge on any atom is -0.207 e. The average molecular weight is 229 g/mol. The van der Waals surface area contributed by atoms with Gasteiger partial charge in [0.05, 0.1) is 0 Å². The van der Waals surface area contributed by atoms with Gasteiger partial charge in [0.15, 0.2) is 0 Å². The van der Waals surface area contributed by atoms with Crippen LogP contribution in [0.3, 0.4) is 0 Å². The number of halogens is 2. The van der Waals surface area contributed by atoms with E-state index < -0.39 is 0 Å². The van der Waals surface area contributed by atoms with E-state index in [1.54, 1.807) is 12.1 Å². The molecular weight excluding hydrogens is 219 g/mol. The molecule has 0 aliphatic carbocycles. The summed E-state index contributed by atoms with van der Waals surface area (Å²) in [7, 11) is 0. The molecule has 0 atom stereocenters. The topological polar surface area (TPSA) is 0 Å². The molecule has 0 heterocycles. The van der Waals surface area contributed by atoms with Crippen LogP contribution in [-0.2, 0) is 0 Å². The Kier molecular flexibility index (Phi) is 3.04. The van der Waals surface area contributed by atoms with Gasteiger partial charge in [-0.1, -0.05) is 28.1 Å². The number of benzene rings is 1. The maximum Gasteiger partial charge on any atom is 0.123 e. The second-order valence-electron chi connectivity index (χ2n) is 2.67. The molecule has 1 rings (SSSR count). The van der Waals surface area contributed by atoms with Crippen LogP contribution in [0, 0.1) is 5.82 Å². The van der Waals surface area contributed by atoms with Crippen LogP contribution in [-0.4, -0.2) is 0 Å². The van der Waals surface area contributed by atoms with Crippen LogP contribution in [0.25, 0.3) is 5.57 Å². The van der Waals surface area contributed by atoms with E-state index in [9.17, 15) is 4.39 Å². The maximum absolute atomic E-state index is 12.5. The Morgan fingerprint density at radius 3 is 2.08 bits per heavy atom. The minimum atomic E-state index is -0.196. The van der Waals surface area contributed by atoms with Gasteiger partial charge in [-0.15, -0.1) is 0 Å². The predicted molar refractivity (Wildman–Crippen MR) is 53.6 cm³/mol. The minimum absolute atomic E-state index is 0.196. The Labute approximate surface area is 80.2 Å². The lowest BCUT2D eigenvalue weighted by Gasteiger charge is -2.01. The summed E-state index contributed by atoms with van der Waals surface area (Å²) in [5.41, 5.74) is 2.18. The molecule has 0 aliphatic rings. The van der Waals surface area contributed by atoms with Gasteiger partial charge < -0.3 is 0 Å². The molecule has 2 heteroatoms. The first-order chi connectivity index (χ1) is 5.61. The van der Waals surface area contributed by atoms with Gasteiger partial charge in [0.1, 0.15) is 5.82 Å². The smallest absolute Gasteiger partial charge is 0.123 e. The fourth-order valence-corrected chi connectivity index (χ4v) is 1.13. The Morgan fingerprint density at radius 2 is 1.67 bits per heavy atom. The lowest BCUT2D eigenvalue weighted by atomic mass is 10.1. The van der Waals surface area contributed by atoms with Gasteiger partial charge in [-0.3, -0.25) is 0 Å². The lowest BCUT2D eigenvalue weighted by molar-refractivity contribution is 0.627. The fourth-order valence-electron chi connectivity index (χ4n) is 0.899. The molecule has 0 bridgehead atoms. The van der Waals surface area contributed by atoms with Crippen molar-refractivity contribution in [1.82, 2.24) is 0 Å². The molecule has 0 amide bonds. The van der Waals surface area contributed by atoms with Crippen LogP contribution in [0.5, 0.6) is 0 Å². The van der Waals surface area contributed by atoms with Crippen LogP contribution in [0.1, 0.15) is 19.4 Å². The predicted octanol–water partition coefficient (Wildman–Crippen LogP) is 3.97. The highest BCUT2D eigenvalue weighted by atomic mass is 79.9. The summed E-state index contributed by atoms with van der Waals surface area (Å²) in [6.07, 6.45) is 0. The zero-order valence-corrected chi connectivity index (χ0v) is 8.65. The molecule has 0 radical (unpaired) electrons. The molecule has 0 aliphatic heterocycles. The second-order valence-corrected chi connectivity index (χ2v) is 3.85.